The zero-order valence-electron chi connectivity index (χ0n) is 13.2. The Labute approximate surface area is 151 Å². The lowest BCUT2D eigenvalue weighted by Crippen LogP contribution is -2.31. The molecule has 2 aromatic rings. The molecule has 0 aliphatic rings. The second-order valence-corrected chi connectivity index (χ2v) is 5.30. The number of hydrogen-bond donors (Lipinski definition) is 4. The highest BCUT2D eigenvalue weighted by Crippen LogP contribution is 2.21. The minimum Gasteiger partial charge on any atom is -0.472 e. The number of amidine groups is 1. The van der Waals surface area contributed by atoms with Gasteiger partial charge in [0.1, 0.15) is 18.8 Å². The Kier molecular flexibility index (Phi) is 6.44. The summed E-state index contributed by atoms with van der Waals surface area (Å²) in [6, 6.07) is 3.83. The summed E-state index contributed by atoms with van der Waals surface area (Å²) in [6.45, 7) is 0.0636. The molecule has 0 saturated carbocycles. The molecule has 138 valence electrons. The Bertz CT molecular complexity index is 828. The monoisotopic (exact) mass is 384 g/mol. The SMILES string of the molecule is N=C(Nc1ccc(F)c(Cl)c1)c1nonc1OCCNC(=O)CC(N)=O. The highest BCUT2D eigenvalue weighted by atomic mass is 35.5. The molecular formula is C14H14ClFN6O4. The van der Waals surface area contributed by atoms with E-state index in [0.29, 0.717) is 5.69 Å². The van der Waals surface area contributed by atoms with Gasteiger partial charge in [0, 0.05) is 5.69 Å². The Balaban J connectivity index is 1.88. The first kappa shape index (κ1) is 19.1. The molecule has 0 saturated heterocycles. The van der Waals surface area contributed by atoms with Crippen LogP contribution in [0.25, 0.3) is 0 Å². The summed E-state index contributed by atoms with van der Waals surface area (Å²) in [4.78, 5) is 21.8. The number of aromatic nitrogens is 2. The zero-order chi connectivity index (χ0) is 19.1. The topological polar surface area (TPSA) is 156 Å². The number of carbonyl (C=O) groups is 2. The number of nitrogens with one attached hydrogen (secondary N) is 3. The van der Waals surface area contributed by atoms with E-state index in [-0.39, 0.29) is 35.6 Å². The van der Waals surface area contributed by atoms with E-state index in [4.69, 9.17) is 27.5 Å². The molecular weight excluding hydrogens is 371 g/mol. The van der Waals surface area contributed by atoms with Gasteiger partial charge in [-0.25, -0.2) is 9.02 Å². The van der Waals surface area contributed by atoms with Gasteiger partial charge in [0.25, 0.3) is 5.88 Å². The van der Waals surface area contributed by atoms with E-state index >= 15 is 0 Å². The third kappa shape index (κ3) is 5.41. The average Bonchev–Trinajstić information content (AvgIpc) is 3.03. The van der Waals surface area contributed by atoms with E-state index in [1.807, 2.05) is 0 Å². The van der Waals surface area contributed by atoms with Gasteiger partial charge in [0.05, 0.1) is 11.6 Å². The Morgan fingerprint density at radius 3 is 2.85 bits per heavy atom. The fraction of sp³-hybridized carbons (Fsp3) is 0.214. The minimum atomic E-state index is -0.744. The zero-order valence-corrected chi connectivity index (χ0v) is 14.0. The van der Waals surface area contributed by atoms with Gasteiger partial charge in [0.15, 0.2) is 5.84 Å². The molecule has 0 atom stereocenters. The second kappa shape index (κ2) is 8.76. The van der Waals surface area contributed by atoms with Crippen LogP contribution in [0.2, 0.25) is 5.02 Å². The molecule has 5 N–H and O–H groups in total. The number of nitrogens with zero attached hydrogens (tertiary/aromatic N) is 2. The van der Waals surface area contributed by atoms with E-state index in [1.54, 1.807) is 0 Å². The van der Waals surface area contributed by atoms with E-state index in [0.717, 1.165) is 6.07 Å². The van der Waals surface area contributed by atoms with Crippen molar-refractivity contribution in [1.82, 2.24) is 15.6 Å². The highest BCUT2D eigenvalue weighted by molar-refractivity contribution is 6.31. The van der Waals surface area contributed by atoms with Crippen molar-refractivity contribution in [2.75, 3.05) is 18.5 Å². The quantitative estimate of drug-likeness (QED) is 0.225. The number of rotatable bonds is 8. The predicted octanol–water partition coefficient (Wildman–Crippen LogP) is 0.670. The molecule has 0 spiro atoms. The van der Waals surface area contributed by atoms with Gasteiger partial charge in [0.2, 0.25) is 17.5 Å². The Morgan fingerprint density at radius 2 is 2.15 bits per heavy atom. The summed E-state index contributed by atoms with van der Waals surface area (Å²) in [5.41, 5.74) is 5.21. The van der Waals surface area contributed by atoms with Crippen molar-refractivity contribution in [3.05, 3.63) is 34.7 Å². The Morgan fingerprint density at radius 1 is 1.38 bits per heavy atom. The van der Waals surface area contributed by atoms with Crippen molar-refractivity contribution >= 4 is 34.9 Å². The highest BCUT2D eigenvalue weighted by Gasteiger charge is 2.17. The first-order valence-electron chi connectivity index (χ1n) is 7.18. The molecule has 10 nitrogen and oxygen atoms in total. The molecule has 0 unspecified atom stereocenters. The van der Waals surface area contributed by atoms with Gasteiger partial charge >= 0.3 is 0 Å². The van der Waals surface area contributed by atoms with E-state index in [2.05, 4.69) is 25.6 Å². The number of carbonyl (C=O) groups excluding carboxylic acids is 2. The normalized spacial score (nSPS) is 10.2. The average molecular weight is 385 g/mol. The van der Waals surface area contributed by atoms with Gasteiger partial charge in [-0.15, -0.1) is 0 Å². The van der Waals surface area contributed by atoms with Gasteiger partial charge in [-0.05, 0) is 28.5 Å². The van der Waals surface area contributed by atoms with Gasteiger partial charge in [-0.2, -0.15) is 0 Å². The van der Waals surface area contributed by atoms with E-state index < -0.39 is 24.1 Å². The van der Waals surface area contributed by atoms with Crippen LogP contribution in [0.3, 0.4) is 0 Å². The molecule has 2 rings (SSSR count). The lowest BCUT2D eigenvalue weighted by Gasteiger charge is -2.08. The van der Waals surface area contributed by atoms with Crippen molar-refractivity contribution < 1.29 is 23.3 Å². The number of nitrogens with two attached hydrogens (primary N) is 1. The number of anilines is 1. The number of halogens is 2. The van der Waals surface area contributed by atoms with Gasteiger partial charge < -0.3 is 21.1 Å². The number of benzene rings is 1. The van der Waals surface area contributed by atoms with Crippen LogP contribution < -0.4 is 21.1 Å². The maximum absolute atomic E-state index is 13.1. The summed E-state index contributed by atoms with van der Waals surface area (Å²) in [7, 11) is 0. The van der Waals surface area contributed by atoms with Crippen molar-refractivity contribution in [3.63, 3.8) is 0 Å². The smallest absolute Gasteiger partial charge is 0.287 e. The molecule has 0 aliphatic heterocycles. The van der Waals surface area contributed by atoms with Crippen molar-refractivity contribution in [1.29, 1.82) is 5.41 Å². The summed E-state index contributed by atoms with van der Waals surface area (Å²) in [5.74, 6) is -2.18. The van der Waals surface area contributed by atoms with Crippen LogP contribution in [-0.2, 0) is 9.59 Å². The van der Waals surface area contributed by atoms with Crippen molar-refractivity contribution in [3.8, 4) is 5.88 Å². The van der Waals surface area contributed by atoms with Crippen LogP contribution in [0.4, 0.5) is 10.1 Å². The maximum atomic E-state index is 13.1. The lowest BCUT2D eigenvalue weighted by atomic mass is 10.3. The molecule has 0 radical (unpaired) electrons. The third-order valence-electron chi connectivity index (χ3n) is 2.88. The van der Waals surface area contributed by atoms with Crippen LogP contribution in [-0.4, -0.2) is 41.1 Å². The van der Waals surface area contributed by atoms with E-state index in [1.165, 1.54) is 12.1 Å². The van der Waals surface area contributed by atoms with Crippen LogP contribution >= 0.6 is 11.6 Å². The van der Waals surface area contributed by atoms with Crippen molar-refractivity contribution in [2.24, 2.45) is 5.73 Å². The first-order valence-corrected chi connectivity index (χ1v) is 7.56. The van der Waals surface area contributed by atoms with Crippen LogP contribution in [0, 0.1) is 11.2 Å². The number of hydrogen-bond acceptors (Lipinski definition) is 7. The number of amides is 2. The predicted molar refractivity (Wildman–Crippen MR) is 88.5 cm³/mol. The van der Waals surface area contributed by atoms with Crippen LogP contribution in [0.1, 0.15) is 12.1 Å². The minimum absolute atomic E-state index is 0.0125. The van der Waals surface area contributed by atoms with Crippen LogP contribution in [0.5, 0.6) is 5.88 Å². The molecule has 2 amide bonds. The summed E-state index contributed by atoms with van der Waals surface area (Å²) >= 11 is 5.67. The fourth-order valence-corrected chi connectivity index (χ4v) is 1.94. The molecule has 1 heterocycles. The van der Waals surface area contributed by atoms with Gasteiger partial charge in [-0.1, -0.05) is 11.6 Å². The summed E-state index contributed by atoms with van der Waals surface area (Å²) < 4.78 is 23.0. The molecule has 0 fully saturated rings. The third-order valence-corrected chi connectivity index (χ3v) is 3.17. The van der Waals surface area contributed by atoms with Crippen LogP contribution in [0.15, 0.2) is 22.8 Å². The molecule has 26 heavy (non-hydrogen) atoms. The lowest BCUT2D eigenvalue weighted by molar-refractivity contribution is -0.127. The van der Waals surface area contributed by atoms with E-state index in [9.17, 15) is 14.0 Å². The number of ether oxygens (including phenoxy) is 1. The fourth-order valence-electron chi connectivity index (χ4n) is 1.76. The van der Waals surface area contributed by atoms with Crippen molar-refractivity contribution in [2.45, 2.75) is 6.42 Å². The molecule has 0 bridgehead atoms. The maximum Gasteiger partial charge on any atom is 0.287 e. The molecule has 12 heteroatoms. The standard InChI is InChI=1S/C14H14ClFN6O4/c15-8-5-7(1-2-9(8)16)20-13(18)12-14(22-26-21-12)25-4-3-19-11(24)6-10(17)23/h1-2,5H,3-4,6H2,(H2,17,23)(H2,18,20)(H,19,24). The molecule has 0 aliphatic carbocycles. The molecule has 1 aromatic heterocycles. The first-order chi connectivity index (χ1) is 12.4. The second-order valence-electron chi connectivity index (χ2n) is 4.89. The Hall–Kier alpha value is -3.21. The number of primary amides is 1. The summed E-state index contributed by atoms with van der Waals surface area (Å²) in [5, 5.41) is 20.0. The van der Waals surface area contributed by atoms with Gasteiger partial charge in [-0.3, -0.25) is 15.0 Å². The molecule has 1 aromatic carbocycles. The largest absolute Gasteiger partial charge is 0.472 e. The summed E-state index contributed by atoms with van der Waals surface area (Å²) in [6.07, 6.45) is -0.425.